The van der Waals surface area contributed by atoms with Gasteiger partial charge in [-0.05, 0) is 25.1 Å². The Morgan fingerprint density at radius 1 is 1.40 bits per heavy atom. The summed E-state index contributed by atoms with van der Waals surface area (Å²) in [6.07, 6.45) is 3.01. The molecule has 2 rings (SSSR count). The van der Waals surface area contributed by atoms with Crippen molar-refractivity contribution in [2.24, 2.45) is 7.05 Å². The fraction of sp³-hybridized carbons (Fsp3) is 0.286. The van der Waals surface area contributed by atoms with E-state index in [-0.39, 0.29) is 11.5 Å². The van der Waals surface area contributed by atoms with Gasteiger partial charge in [-0.2, -0.15) is 5.10 Å². The van der Waals surface area contributed by atoms with E-state index >= 15 is 0 Å². The van der Waals surface area contributed by atoms with Crippen LogP contribution in [-0.2, 0) is 7.05 Å². The minimum Gasteiger partial charge on any atom is -0.335 e. The summed E-state index contributed by atoms with van der Waals surface area (Å²) < 4.78 is 28.5. The summed E-state index contributed by atoms with van der Waals surface area (Å²) in [5.74, 6) is -1.37. The van der Waals surface area contributed by atoms with Gasteiger partial charge >= 0.3 is 0 Å². The SMILES string of the molecule is CC(c1cc(F)ccc1F)N(C)C(=O)c1cnn(C)c1. The van der Waals surface area contributed by atoms with Crippen molar-refractivity contribution in [3.05, 3.63) is 53.4 Å². The predicted molar refractivity (Wildman–Crippen MR) is 70.1 cm³/mol. The summed E-state index contributed by atoms with van der Waals surface area (Å²) in [7, 11) is 3.25. The smallest absolute Gasteiger partial charge is 0.257 e. The minimum absolute atomic E-state index is 0.143. The summed E-state index contributed by atoms with van der Waals surface area (Å²) in [6.45, 7) is 1.64. The third-order valence-electron chi connectivity index (χ3n) is 3.26. The largest absolute Gasteiger partial charge is 0.335 e. The molecule has 0 fully saturated rings. The molecule has 0 bridgehead atoms. The Labute approximate surface area is 115 Å². The molecule has 1 aromatic heterocycles. The molecule has 106 valence electrons. The van der Waals surface area contributed by atoms with Crippen molar-refractivity contribution in [2.75, 3.05) is 7.05 Å². The lowest BCUT2D eigenvalue weighted by Crippen LogP contribution is -2.30. The predicted octanol–water partition coefficient (Wildman–Crippen LogP) is 2.53. The number of benzene rings is 1. The van der Waals surface area contributed by atoms with Crippen LogP contribution in [0.3, 0.4) is 0 Å². The van der Waals surface area contributed by atoms with Crippen molar-refractivity contribution in [2.45, 2.75) is 13.0 Å². The number of aromatic nitrogens is 2. The van der Waals surface area contributed by atoms with Gasteiger partial charge in [0.15, 0.2) is 0 Å². The Balaban J connectivity index is 2.26. The van der Waals surface area contributed by atoms with E-state index < -0.39 is 17.7 Å². The van der Waals surface area contributed by atoms with Gasteiger partial charge in [-0.15, -0.1) is 0 Å². The molecule has 0 aliphatic carbocycles. The van der Waals surface area contributed by atoms with Crippen LogP contribution in [0.4, 0.5) is 8.78 Å². The first kappa shape index (κ1) is 14.2. The molecule has 0 radical (unpaired) electrons. The summed E-state index contributed by atoms with van der Waals surface area (Å²) in [5, 5.41) is 3.92. The van der Waals surface area contributed by atoms with Gasteiger partial charge in [0.1, 0.15) is 11.6 Å². The Bertz CT molecular complexity index is 639. The first-order chi connectivity index (χ1) is 9.40. The molecule has 1 aromatic carbocycles. The number of halogens is 2. The molecule has 0 aliphatic heterocycles. The fourth-order valence-electron chi connectivity index (χ4n) is 1.95. The van der Waals surface area contributed by atoms with Crippen LogP contribution in [0, 0.1) is 11.6 Å². The van der Waals surface area contributed by atoms with Crippen LogP contribution >= 0.6 is 0 Å². The molecular weight excluding hydrogens is 264 g/mol. The average Bonchev–Trinajstić information content (AvgIpc) is 2.85. The van der Waals surface area contributed by atoms with Crippen LogP contribution in [0.5, 0.6) is 0 Å². The van der Waals surface area contributed by atoms with E-state index in [0.717, 1.165) is 18.2 Å². The van der Waals surface area contributed by atoms with Gasteiger partial charge in [-0.3, -0.25) is 9.48 Å². The first-order valence-corrected chi connectivity index (χ1v) is 6.11. The fourth-order valence-corrected chi connectivity index (χ4v) is 1.95. The van der Waals surface area contributed by atoms with Crippen LogP contribution in [0.1, 0.15) is 28.9 Å². The zero-order valence-corrected chi connectivity index (χ0v) is 11.5. The molecule has 0 N–H and O–H groups in total. The van der Waals surface area contributed by atoms with Crippen molar-refractivity contribution in [3.8, 4) is 0 Å². The Morgan fingerprint density at radius 3 is 2.70 bits per heavy atom. The van der Waals surface area contributed by atoms with Gasteiger partial charge in [-0.1, -0.05) is 0 Å². The first-order valence-electron chi connectivity index (χ1n) is 6.11. The zero-order valence-electron chi connectivity index (χ0n) is 11.5. The lowest BCUT2D eigenvalue weighted by Gasteiger charge is -2.25. The number of nitrogens with zero attached hydrogens (tertiary/aromatic N) is 3. The van der Waals surface area contributed by atoms with Gasteiger partial charge in [-0.25, -0.2) is 8.78 Å². The number of aryl methyl sites for hydroxylation is 1. The Kier molecular flexibility index (Phi) is 3.83. The van der Waals surface area contributed by atoms with Crippen molar-refractivity contribution >= 4 is 5.91 Å². The van der Waals surface area contributed by atoms with Gasteiger partial charge in [0.2, 0.25) is 0 Å². The van der Waals surface area contributed by atoms with E-state index in [1.54, 1.807) is 27.2 Å². The van der Waals surface area contributed by atoms with Crippen molar-refractivity contribution in [1.82, 2.24) is 14.7 Å². The van der Waals surface area contributed by atoms with Crippen molar-refractivity contribution < 1.29 is 13.6 Å². The van der Waals surface area contributed by atoms with E-state index in [9.17, 15) is 13.6 Å². The minimum atomic E-state index is -0.585. The molecule has 4 nitrogen and oxygen atoms in total. The molecule has 0 spiro atoms. The lowest BCUT2D eigenvalue weighted by molar-refractivity contribution is 0.0740. The van der Waals surface area contributed by atoms with Crippen LogP contribution in [0.2, 0.25) is 0 Å². The molecular formula is C14H15F2N3O. The number of amides is 1. The third kappa shape index (κ3) is 2.68. The normalized spacial score (nSPS) is 12.2. The molecule has 1 unspecified atom stereocenters. The highest BCUT2D eigenvalue weighted by molar-refractivity contribution is 5.93. The molecule has 1 heterocycles. The topological polar surface area (TPSA) is 38.1 Å². The highest BCUT2D eigenvalue weighted by atomic mass is 19.1. The molecule has 1 amide bonds. The summed E-state index contributed by atoms with van der Waals surface area (Å²) in [5.41, 5.74) is 0.545. The third-order valence-corrected chi connectivity index (χ3v) is 3.26. The molecule has 0 saturated carbocycles. The van der Waals surface area contributed by atoms with Gasteiger partial charge < -0.3 is 4.90 Å². The summed E-state index contributed by atoms with van der Waals surface area (Å²) >= 11 is 0. The van der Waals surface area contributed by atoms with Crippen molar-refractivity contribution in [1.29, 1.82) is 0 Å². The number of hydrogen-bond acceptors (Lipinski definition) is 2. The van der Waals surface area contributed by atoms with Crippen LogP contribution in [-0.4, -0.2) is 27.6 Å². The summed E-state index contributed by atoms with van der Waals surface area (Å²) in [4.78, 5) is 13.6. The van der Waals surface area contributed by atoms with E-state index in [0.29, 0.717) is 5.56 Å². The van der Waals surface area contributed by atoms with E-state index in [1.165, 1.54) is 15.8 Å². The maximum absolute atomic E-state index is 13.7. The van der Waals surface area contributed by atoms with E-state index in [4.69, 9.17) is 0 Å². The molecule has 6 heteroatoms. The van der Waals surface area contributed by atoms with Crippen LogP contribution < -0.4 is 0 Å². The number of carbonyl (C=O) groups is 1. The second-order valence-corrected chi connectivity index (χ2v) is 4.66. The van der Waals surface area contributed by atoms with Gasteiger partial charge in [0.05, 0.1) is 17.8 Å². The second-order valence-electron chi connectivity index (χ2n) is 4.66. The highest BCUT2D eigenvalue weighted by Crippen LogP contribution is 2.24. The Morgan fingerprint density at radius 2 is 2.10 bits per heavy atom. The number of rotatable bonds is 3. The van der Waals surface area contributed by atoms with Crippen molar-refractivity contribution in [3.63, 3.8) is 0 Å². The quantitative estimate of drug-likeness (QED) is 0.866. The van der Waals surface area contributed by atoms with Gasteiger partial charge in [0, 0.05) is 25.9 Å². The molecule has 1 atom stereocenters. The second kappa shape index (κ2) is 5.40. The molecule has 0 aliphatic rings. The summed E-state index contributed by atoms with van der Waals surface area (Å²) in [6, 6.07) is 2.63. The van der Waals surface area contributed by atoms with Crippen LogP contribution in [0.25, 0.3) is 0 Å². The maximum Gasteiger partial charge on any atom is 0.257 e. The standard InChI is InChI=1S/C14H15F2N3O/c1-9(12-6-11(15)4-5-13(12)16)19(3)14(20)10-7-17-18(2)8-10/h4-9H,1-3H3. The average molecular weight is 279 g/mol. The molecule has 2 aromatic rings. The Hall–Kier alpha value is -2.24. The van der Waals surface area contributed by atoms with Crippen LogP contribution in [0.15, 0.2) is 30.6 Å². The number of carbonyl (C=O) groups excluding carboxylic acids is 1. The molecule has 0 saturated heterocycles. The zero-order chi connectivity index (χ0) is 14.9. The van der Waals surface area contributed by atoms with E-state index in [1.807, 2.05) is 0 Å². The lowest BCUT2D eigenvalue weighted by atomic mass is 10.1. The highest BCUT2D eigenvalue weighted by Gasteiger charge is 2.22. The number of hydrogen-bond donors (Lipinski definition) is 0. The monoisotopic (exact) mass is 279 g/mol. The van der Waals surface area contributed by atoms with Gasteiger partial charge in [0.25, 0.3) is 5.91 Å². The maximum atomic E-state index is 13.7. The van der Waals surface area contributed by atoms with E-state index in [2.05, 4.69) is 5.10 Å². The molecule has 20 heavy (non-hydrogen) atoms.